The molecule has 4 aromatic rings. The number of hydrogen-bond donors (Lipinski definition) is 2. The van der Waals surface area contributed by atoms with E-state index in [2.05, 4.69) is 58.2 Å². The predicted molar refractivity (Wildman–Crippen MR) is 121 cm³/mol. The number of nitrogens with zero attached hydrogens (tertiary/aromatic N) is 2. The Morgan fingerprint density at radius 3 is 2.36 bits per heavy atom. The number of hydrogen-bond acceptors (Lipinski definition) is 6. The molecule has 1 unspecified atom stereocenters. The summed E-state index contributed by atoms with van der Waals surface area (Å²) in [7, 11) is -4.86. The van der Waals surface area contributed by atoms with Crippen LogP contribution in [0, 0.1) is 0 Å². The van der Waals surface area contributed by atoms with Crippen LogP contribution in [-0.2, 0) is 35.1 Å². The fraction of sp³-hybridized carbons (Fsp3) is 0.167. The highest BCUT2D eigenvalue weighted by molar-refractivity contribution is 7.44. The van der Waals surface area contributed by atoms with Crippen LogP contribution < -0.4 is 15.2 Å². The molecular formula is C24H24N3O5P. The van der Waals surface area contributed by atoms with Crippen molar-refractivity contribution in [1.29, 1.82) is 0 Å². The Kier molecular flexibility index (Phi) is 7.01. The molecule has 4 rings (SSSR count). The molecule has 0 aliphatic rings. The molecule has 0 aliphatic carbocycles. The topological polar surface area (TPSA) is 126 Å². The minimum absolute atomic E-state index is 0.219. The number of aromatic nitrogens is 2. The van der Waals surface area contributed by atoms with Gasteiger partial charge < -0.3 is 14.3 Å². The Morgan fingerprint density at radius 1 is 1.00 bits per heavy atom. The van der Waals surface area contributed by atoms with Crippen LogP contribution in [-0.4, -0.2) is 10.1 Å². The van der Waals surface area contributed by atoms with Gasteiger partial charge in [-0.1, -0.05) is 59.8 Å². The van der Waals surface area contributed by atoms with Gasteiger partial charge in [0.25, 0.3) is 13.6 Å². The van der Waals surface area contributed by atoms with E-state index in [9.17, 15) is 9.46 Å². The maximum absolute atomic E-state index is 10.8. The Hall–Kier alpha value is -3.29. The number of rotatable bonds is 9. The van der Waals surface area contributed by atoms with E-state index in [1.807, 2.05) is 6.07 Å². The molecule has 0 saturated carbocycles. The van der Waals surface area contributed by atoms with Gasteiger partial charge in [-0.3, -0.25) is 14.8 Å². The summed E-state index contributed by atoms with van der Waals surface area (Å²) >= 11 is 0. The van der Waals surface area contributed by atoms with Gasteiger partial charge >= 0.3 is 0 Å². The summed E-state index contributed by atoms with van der Waals surface area (Å²) in [5.41, 5.74) is 11.1. The number of nitrogens with two attached hydrogens (primary N) is 1. The van der Waals surface area contributed by atoms with Gasteiger partial charge in [-0.05, 0) is 41.7 Å². The number of nitrogen functional groups attached to an aromatic ring is 1. The lowest BCUT2D eigenvalue weighted by Gasteiger charge is -2.14. The smallest absolute Gasteiger partial charge is 0.285 e. The minimum atomic E-state index is -4.86. The molecule has 8 nitrogen and oxygen atoms in total. The monoisotopic (exact) mass is 465 g/mol. The third kappa shape index (κ3) is 6.37. The zero-order valence-electron chi connectivity index (χ0n) is 17.8. The first-order valence-corrected chi connectivity index (χ1v) is 11.9. The van der Waals surface area contributed by atoms with E-state index in [0.717, 1.165) is 24.1 Å². The Morgan fingerprint density at radius 2 is 1.67 bits per heavy atom. The lowest BCUT2D eigenvalue weighted by atomic mass is 10.0. The van der Waals surface area contributed by atoms with Gasteiger partial charge in [0, 0.05) is 12.5 Å². The number of aryl methyl sites for hydroxylation is 2. The minimum Gasteiger partial charge on any atom is -0.756 e. The van der Waals surface area contributed by atoms with Crippen LogP contribution in [0.3, 0.4) is 0 Å². The van der Waals surface area contributed by atoms with E-state index >= 15 is 0 Å². The summed E-state index contributed by atoms with van der Waals surface area (Å²) in [5.74, 6) is 0.669. The first-order valence-electron chi connectivity index (χ1n) is 10.4. The molecule has 0 saturated heterocycles. The molecule has 1 atom stereocenters. The fourth-order valence-electron chi connectivity index (χ4n) is 3.51. The third-order valence-electron chi connectivity index (χ3n) is 5.25. The molecule has 3 N–H and O–H groups in total. The van der Waals surface area contributed by atoms with Gasteiger partial charge in [0.05, 0.1) is 11.9 Å². The molecule has 2 aromatic heterocycles. The molecular weight excluding hydrogens is 441 g/mol. The maximum Gasteiger partial charge on any atom is 0.285 e. The molecule has 0 aliphatic heterocycles. The lowest BCUT2D eigenvalue weighted by molar-refractivity contribution is -0.712. The van der Waals surface area contributed by atoms with Crippen molar-refractivity contribution >= 4 is 13.6 Å². The normalized spacial score (nSPS) is 13.0. The summed E-state index contributed by atoms with van der Waals surface area (Å²) in [6.45, 7) is -0.450. The summed E-state index contributed by atoms with van der Waals surface area (Å²) in [6.07, 6.45) is 4.11. The van der Waals surface area contributed by atoms with Crippen molar-refractivity contribution in [3.8, 4) is 11.3 Å². The summed E-state index contributed by atoms with van der Waals surface area (Å²) in [5, 5.41) is 4.14. The van der Waals surface area contributed by atoms with Gasteiger partial charge in [0.2, 0.25) is 0 Å². The zero-order chi connectivity index (χ0) is 23.3. The molecule has 0 bridgehead atoms. The summed E-state index contributed by atoms with van der Waals surface area (Å²) < 4.78 is 22.1. The second-order valence-corrected chi connectivity index (χ2v) is 8.86. The van der Waals surface area contributed by atoms with E-state index < -0.39 is 14.6 Å². The zero-order valence-corrected chi connectivity index (χ0v) is 18.7. The van der Waals surface area contributed by atoms with Crippen molar-refractivity contribution in [3.63, 3.8) is 0 Å². The fourth-order valence-corrected chi connectivity index (χ4v) is 3.78. The Labute approximate surface area is 191 Å². The number of phosphoric acid groups is 1. The molecule has 0 fully saturated rings. The van der Waals surface area contributed by atoms with Crippen LogP contribution in [0.15, 0.2) is 83.5 Å². The van der Waals surface area contributed by atoms with Gasteiger partial charge in [0.15, 0.2) is 12.5 Å². The summed E-state index contributed by atoms with van der Waals surface area (Å²) in [6, 6.07) is 24.0. The number of pyridine rings is 1. The Balaban J connectivity index is 1.40. The third-order valence-corrected chi connectivity index (χ3v) is 5.69. The van der Waals surface area contributed by atoms with E-state index in [4.69, 9.17) is 15.2 Å². The van der Waals surface area contributed by atoms with Crippen LogP contribution in [0.2, 0.25) is 0 Å². The molecule has 9 heteroatoms. The Bertz CT molecular complexity index is 1250. The maximum atomic E-state index is 10.8. The highest BCUT2D eigenvalue weighted by atomic mass is 31.2. The largest absolute Gasteiger partial charge is 0.756 e. The van der Waals surface area contributed by atoms with Crippen molar-refractivity contribution in [3.05, 3.63) is 101 Å². The van der Waals surface area contributed by atoms with Crippen LogP contribution in [0.25, 0.3) is 11.3 Å². The van der Waals surface area contributed by atoms with Crippen molar-refractivity contribution in [2.75, 3.05) is 5.73 Å². The van der Waals surface area contributed by atoms with Gasteiger partial charge in [0.1, 0.15) is 5.56 Å². The predicted octanol–water partition coefficient (Wildman–Crippen LogP) is 3.02. The second kappa shape index (κ2) is 10.1. The lowest BCUT2D eigenvalue weighted by Crippen LogP contribution is -2.38. The molecule has 0 radical (unpaired) electrons. The van der Waals surface area contributed by atoms with E-state index in [1.165, 1.54) is 21.9 Å². The number of benzene rings is 2. The van der Waals surface area contributed by atoms with E-state index in [0.29, 0.717) is 17.7 Å². The first kappa shape index (κ1) is 22.9. The van der Waals surface area contributed by atoms with Crippen LogP contribution in [0.1, 0.15) is 22.4 Å². The van der Waals surface area contributed by atoms with E-state index in [1.54, 1.807) is 18.2 Å². The second-order valence-electron chi connectivity index (χ2n) is 7.67. The molecule has 170 valence electrons. The molecule has 0 amide bonds. The average molecular weight is 465 g/mol. The quantitative estimate of drug-likeness (QED) is 0.287. The SMILES string of the molecule is Nc1c(-c2cc(Cc3ccc(CCc4ccccc4)cc3)no2)ccc[n+]1COP(=O)([O-])O. The van der Waals surface area contributed by atoms with Gasteiger partial charge in [-0.25, -0.2) is 4.57 Å². The van der Waals surface area contributed by atoms with Crippen molar-refractivity contribution in [2.45, 2.75) is 26.0 Å². The van der Waals surface area contributed by atoms with Crippen molar-refractivity contribution in [2.24, 2.45) is 0 Å². The number of anilines is 1. The van der Waals surface area contributed by atoms with E-state index in [-0.39, 0.29) is 5.82 Å². The highest BCUT2D eigenvalue weighted by Crippen LogP contribution is 2.30. The standard InChI is InChI=1S/C24H24N3O5P/c25-24-22(7-4-14-27(24)17-31-33(28,29)30)23-16-21(26-32-23)15-20-12-10-19(11-13-20)9-8-18-5-2-1-3-6-18/h1-7,10-14,16,25H,8-9,15,17H2,(H2,28,29,30). The molecule has 0 spiro atoms. The number of phosphoric ester groups is 1. The highest BCUT2D eigenvalue weighted by Gasteiger charge is 2.18. The average Bonchev–Trinajstić information content (AvgIpc) is 3.26. The van der Waals surface area contributed by atoms with Crippen LogP contribution in [0.4, 0.5) is 5.82 Å². The van der Waals surface area contributed by atoms with Crippen molar-refractivity contribution in [1.82, 2.24) is 5.16 Å². The van der Waals surface area contributed by atoms with Gasteiger partial charge in [-0.15, -0.1) is 0 Å². The summed E-state index contributed by atoms with van der Waals surface area (Å²) in [4.78, 5) is 19.6. The molecule has 2 heterocycles. The van der Waals surface area contributed by atoms with Gasteiger partial charge in [-0.2, -0.15) is 0 Å². The molecule has 33 heavy (non-hydrogen) atoms. The van der Waals surface area contributed by atoms with Crippen molar-refractivity contribution < 1.29 is 28.0 Å². The first-order chi connectivity index (χ1) is 15.9. The molecule has 2 aromatic carbocycles. The van der Waals surface area contributed by atoms with Crippen LogP contribution in [0.5, 0.6) is 0 Å². The van der Waals surface area contributed by atoms with Crippen LogP contribution >= 0.6 is 7.82 Å².